The smallest absolute Gasteiger partial charge is 0.253 e. The first-order valence-electron chi connectivity index (χ1n) is 9.02. The van der Waals surface area contributed by atoms with Crippen LogP contribution < -0.4 is 11.1 Å². The van der Waals surface area contributed by atoms with Gasteiger partial charge in [0.1, 0.15) is 6.04 Å². The molecule has 2 heterocycles. The third-order valence-corrected chi connectivity index (χ3v) is 4.94. The zero-order valence-corrected chi connectivity index (χ0v) is 16.1. The third-order valence-electron chi connectivity index (χ3n) is 4.94. The highest BCUT2D eigenvalue weighted by molar-refractivity contribution is 5.94. The van der Waals surface area contributed by atoms with Crippen molar-refractivity contribution in [1.29, 1.82) is 0 Å². The molecule has 1 fully saturated rings. The number of nitrogens with one attached hydrogen (secondary N) is 1. The molecule has 1 unspecified atom stereocenters. The quantitative estimate of drug-likeness (QED) is 0.659. The second-order valence-corrected chi connectivity index (χ2v) is 6.92. The Labute approximate surface area is 169 Å². The lowest BCUT2D eigenvalue weighted by Crippen LogP contribution is -2.44. The summed E-state index contributed by atoms with van der Waals surface area (Å²) in [5, 5.41) is 7.06. The van der Waals surface area contributed by atoms with Crippen molar-refractivity contribution in [3.05, 3.63) is 77.7 Å². The average molecular weight is 400 g/mol. The lowest BCUT2D eigenvalue weighted by atomic mass is 9.77. The van der Waals surface area contributed by atoms with Crippen molar-refractivity contribution in [2.24, 2.45) is 5.73 Å². The van der Waals surface area contributed by atoms with Crippen molar-refractivity contribution in [2.75, 3.05) is 0 Å². The maximum Gasteiger partial charge on any atom is 0.253 e. The molecule has 28 heavy (non-hydrogen) atoms. The van der Waals surface area contributed by atoms with Gasteiger partial charge in [-0.2, -0.15) is 4.98 Å². The van der Waals surface area contributed by atoms with Crippen molar-refractivity contribution in [3.63, 3.8) is 0 Å². The fraction of sp³-hybridized carbons (Fsp3) is 0.300. The van der Waals surface area contributed by atoms with Crippen LogP contribution >= 0.6 is 12.4 Å². The Bertz CT molecular complexity index is 913. The number of carbonyl (C=O) groups excluding carboxylic acids is 1. The molecule has 1 amide bonds. The maximum absolute atomic E-state index is 12.6. The molecular formula is C20H22ClN5O2. The highest BCUT2D eigenvalue weighted by atomic mass is 35.5. The molecule has 7 nitrogen and oxygen atoms in total. The number of nitrogens with zero attached hydrogens (tertiary/aromatic N) is 3. The highest BCUT2D eigenvalue weighted by Gasteiger charge is 2.39. The molecule has 1 saturated carbocycles. The van der Waals surface area contributed by atoms with Crippen LogP contribution in [0.4, 0.5) is 0 Å². The van der Waals surface area contributed by atoms with E-state index in [0.29, 0.717) is 23.7 Å². The fourth-order valence-corrected chi connectivity index (χ4v) is 3.15. The molecule has 2 aromatic heterocycles. The lowest BCUT2D eigenvalue weighted by molar-refractivity contribution is 0.0927. The molecule has 4 rings (SSSR count). The van der Waals surface area contributed by atoms with E-state index in [-0.39, 0.29) is 18.3 Å². The molecule has 0 radical (unpaired) electrons. The second-order valence-electron chi connectivity index (χ2n) is 6.92. The van der Waals surface area contributed by atoms with E-state index in [0.717, 1.165) is 24.8 Å². The van der Waals surface area contributed by atoms with E-state index in [2.05, 4.69) is 20.4 Å². The summed E-state index contributed by atoms with van der Waals surface area (Å²) in [7, 11) is 0. The zero-order valence-electron chi connectivity index (χ0n) is 15.2. The van der Waals surface area contributed by atoms with Crippen LogP contribution in [0.2, 0.25) is 0 Å². The van der Waals surface area contributed by atoms with Gasteiger partial charge in [-0.05, 0) is 37.0 Å². The lowest BCUT2D eigenvalue weighted by Gasteiger charge is -2.34. The van der Waals surface area contributed by atoms with E-state index < -0.39 is 11.6 Å². The first-order chi connectivity index (χ1) is 13.1. The number of benzene rings is 1. The van der Waals surface area contributed by atoms with Crippen LogP contribution in [0, 0.1) is 0 Å². The standard InChI is InChI=1S/C20H21N5O2.ClH/c21-20(9-5-10-20)19-24-18(27-25-19)16(12-14-6-2-1-3-7-14)23-17(26)15-8-4-11-22-13-15;/h1-4,6-8,11,13,16H,5,9-10,12,21H2,(H,23,26);1H. The number of nitrogens with two attached hydrogens (primary N) is 1. The van der Waals surface area contributed by atoms with Crippen LogP contribution in [0.3, 0.4) is 0 Å². The van der Waals surface area contributed by atoms with Crippen LogP contribution in [0.5, 0.6) is 0 Å². The Morgan fingerprint density at radius 2 is 2.00 bits per heavy atom. The Morgan fingerprint density at radius 1 is 1.21 bits per heavy atom. The Hall–Kier alpha value is -2.77. The van der Waals surface area contributed by atoms with Gasteiger partial charge < -0.3 is 15.6 Å². The Morgan fingerprint density at radius 3 is 2.64 bits per heavy atom. The van der Waals surface area contributed by atoms with Gasteiger partial charge in [0.25, 0.3) is 5.91 Å². The number of halogens is 1. The largest absolute Gasteiger partial charge is 0.340 e. The molecule has 1 aliphatic rings. The summed E-state index contributed by atoms with van der Waals surface area (Å²) in [5.41, 5.74) is 7.33. The third kappa shape index (κ3) is 4.21. The molecule has 0 aliphatic heterocycles. The van der Waals surface area contributed by atoms with Crippen LogP contribution in [-0.2, 0) is 12.0 Å². The Kier molecular flexibility index (Phi) is 6.06. The van der Waals surface area contributed by atoms with Gasteiger partial charge in [-0.3, -0.25) is 9.78 Å². The first-order valence-corrected chi connectivity index (χ1v) is 9.02. The van der Waals surface area contributed by atoms with E-state index in [1.807, 2.05) is 30.3 Å². The maximum atomic E-state index is 12.6. The molecule has 8 heteroatoms. The SMILES string of the molecule is Cl.NC1(c2noc(C(Cc3ccccc3)NC(=O)c3cccnc3)n2)CCC1. The van der Waals surface area contributed by atoms with E-state index in [1.54, 1.807) is 18.3 Å². The van der Waals surface area contributed by atoms with Gasteiger partial charge >= 0.3 is 0 Å². The van der Waals surface area contributed by atoms with Crippen molar-refractivity contribution in [1.82, 2.24) is 20.4 Å². The second kappa shape index (κ2) is 8.50. The molecule has 146 valence electrons. The number of hydrogen-bond donors (Lipinski definition) is 2. The summed E-state index contributed by atoms with van der Waals surface area (Å²) < 4.78 is 5.49. The zero-order chi connectivity index (χ0) is 18.7. The Balaban J connectivity index is 0.00000225. The van der Waals surface area contributed by atoms with E-state index >= 15 is 0 Å². The van der Waals surface area contributed by atoms with Gasteiger partial charge in [0.15, 0.2) is 5.82 Å². The molecule has 1 aliphatic carbocycles. The molecule has 0 spiro atoms. The molecule has 0 bridgehead atoms. The van der Waals surface area contributed by atoms with Gasteiger partial charge in [0, 0.05) is 18.8 Å². The molecule has 3 N–H and O–H groups in total. The number of pyridine rings is 1. The van der Waals surface area contributed by atoms with Crippen molar-refractivity contribution in [2.45, 2.75) is 37.3 Å². The van der Waals surface area contributed by atoms with Crippen LogP contribution in [0.15, 0.2) is 59.4 Å². The van der Waals surface area contributed by atoms with Crippen LogP contribution in [0.1, 0.15) is 52.9 Å². The molecular weight excluding hydrogens is 378 g/mol. The minimum absolute atomic E-state index is 0. The van der Waals surface area contributed by atoms with Crippen LogP contribution in [-0.4, -0.2) is 21.0 Å². The van der Waals surface area contributed by atoms with Crippen molar-refractivity contribution in [3.8, 4) is 0 Å². The highest BCUT2D eigenvalue weighted by Crippen LogP contribution is 2.37. The van der Waals surface area contributed by atoms with E-state index in [9.17, 15) is 4.79 Å². The minimum Gasteiger partial charge on any atom is -0.340 e. The number of hydrogen-bond acceptors (Lipinski definition) is 6. The molecule has 0 saturated heterocycles. The number of rotatable bonds is 6. The normalized spacial score (nSPS) is 15.8. The first kappa shape index (κ1) is 20.0. The predicted octanol–water partition coefficient (Wildman–Crippen LogP) is 2.94. The number of carbonyl (C=O) groups is 1. The van der Waals surface area contributed by atoms with Gasteiger partial charge in [0.2, 0.25) is 5.89 Å². The van der Waals surface area contributed by atoms with Crippen molar-refractivity contribution < 1.29 is 9.32 Å². The van der Waals surface area contributed by atoms with E-state index in [1.165, 1.54) is 6.20 Å². The summed E-state index contributed by atoms with van der Waals surface area (Å²) in [6.07, 6.45) is 6.44. The van der Waals surface area contributed by atoms with Crippen LogP contribution in [0.25, 0.3) is 0 Å². The summed E-state index contributed by atoms with van der Waals surface area (Å²) in [6.45, 7) is 0. The summed E-state index contributed by atoms with van der Waals surface area (Å²) >= 11 is 0. The molecule has 1 aromatic carbocycles. The number of amides is 1. The molecule has 3 aromatic rings. The van der Waals surface area contributed by atoms with Gasteiger partial charge in [0.05, 0.1) is 11.1 Å². The van der Waals surface area contributed by atoms with Gasteiger partial charge in [-0.1, -0.05) is 35.5 Å². The monoisotopic (exact) mass is 399 g/mol. The van der Waals surface area contributed by atoms with E-state index in [4.69, 9.17) is 10.3 Å². The summed E-state index contributed by atoms with van der Waals surface area (Å²) in [6, 6.07) is 12.8. The minimum atomic E-state index is -0.508. The summed E-state index contributed by atoms with van der Waals surface area (Å²) in [5.74, 6) is 0.634. The topological polar surface area (TPSA) is 107 Å². The average Bonchev–Trinajstić information content (AvgIpc) is 3.17. The molecule has 1 atom stereocenters. The predicted molar refractivity (Wildman–Crippen MR) is 106 cm³/mol. The fourth-order valence-electron chi connectivity index (χ4n) is 3.15. The van der Waals surface area contributed by atoms with Gasteiger partial charge in [-0.25, -0.2) is 0 Å². The van der Waals surface area contributed by atoms with Crippen molar-refractivity contribution >= 4 is 18.3 Å². The number of aromatic nitrogens is 3. The summed E-state index contributed by atoms with van der Waals surface area (Å²) in [4.78, 5) is 21.1. The van der Waals surface area contributed by atoms with Gasteiger partial charge in [-0.15, -0.1) is 12.4 Å².